The molecule has 1 aromatic carbocycles. The predicted molar refractivity (Wildman–Crippen MR) is 75.8 cm³/mol. The van der Waals surface area contributed by atoms with Crippen molar-refractivity contribution in [3.05, 3.63) is 63.0 Å². The molecule has 0 spiro atoms. The first-order valence-corrected chi connectivity index (χ1v) is 6.16. The van der Waals surface area contributed by atoms with Crippen molar-refractivity contribution < 1.29 is 10.0 Å². The van der Waals surface area contributed by atoms with Crippen molar-refractivity contribution >= 4 is 24.2 Å². The highest BCUT2D eigenvalue weighted by atomic mass is 35.5. The maximum absolute atomic E-state index is 11.8. The average molecular weight is 278 g/mol. The minimum Gasteiger partial charge on any atom is -0.423 e. The van der Waals surface area contributed by atoms with Crippen LogP contribution in [0.4, 0.5) is 0 Å². The summed E-state index contributed by atoms with van der Waals surface area (Å²) < 4.78 is 1.48. The number of halogens is 1. The number of hydrogen-bond donors (Lipinski definition) is 2. The number of hydrogen-bond acceptors (Lipinski definition) is 3. The quantitative estimate of drug-likeness (QED) is 0.805. The van der Waals surface area contributed by atoms with E-state index in [1.807, 2.05) is 19.1 Å². The van der Waals surface area contributed by atoms with Gasteiger partial charge in [0.2, 0.25) is 5.56 Å². The van der Waals surface area contributed by atoms with E-state index in [2.05, 4.69) is 0 Å². The van der Waals surface area contributed by atoms with Crippen LogP contribution in [0.2, 0.25) is 5.02 Å². The molecule has 4 nitrogen and oxygen atoms in total. The Balaban J connectivity index is 2.31. The Labute approximate surface area is 116 Å². The van der Waals surface area contributed by atoms with Crippen molar-refractivity contribution in [2.75, 3.05) is 0 Å². The molecular weight excluding hydrogens is 264 g/mol. The van der Waals surface area contributed by atoms with E-state index in [-0.39, 0.29) is 11.0 Å². The number of nitrogens with zero attached hydrogens (tertiary/aromatic N) is 1. The van der Waals surface area contributed by atoms with Gasteiger partial charge in [0.05, 0.1) is 6.54 Å². The van der Waals surface area contributed by atoms with Crippen LogP contribution in [0.3, 0.4) is 0 Å². The molecule has 0 unspecified atom stereocenters. The van der Waals surface area contributed by atoms with Gasteiger partial charge in [0.1, 0.15) is 0 Å². The van der Waals surface area contributed by atoms with Crippen LogP contribution in [0, 0.1) is 6.92 Å². The van der Waals surface area contributed by atoms with Gasteiger partial charge in [-0.1, -0.05) is 17.7 Å². The van der Waals surface area contributed by atoms with Gasteiger partial charge in [0, 0.05) is 17.3 Å². The Kier molecular flexibility index (Phi) is 4.09. The van der Waals surface area contributed by atoms with Gasteiger partial charge >= 0.3 is 7.12 Å². The van der Waals surface area contributed by atoms with Crippen LogP contribution in [0.15, 0.2) is 41.3 Å². The molecule has 0 aliphatic heterocycles. The largest absolute Gasteiger partial charge is 0.488 e. The molecule has 6 heteroatoms. The summed E-state index contributed by atoms with van der Waals surface area (Å²) in [7, 11) is -1.63. The van der Waals surface area contributed by atoms with Gasteiger partial charge < -0.3 is 14.6 Å². The van der Waals surface area contributed by atoms with Gasteiger partial charge in [-0.05, 0) is 41.7 Å². The molecule has 0 aliphatic carbocycles. The number of aryl methyl sites for hydroxylation is 1. The number of rotatable bonds is 3. The standard InChI is InChI=1S/C13H13BClNO3/c1-9-4-10(6-12(15)5-9)8-16-3-2-11(14(18)19)7-13(16)17/h2-7,18-19H,8H2,1H3. The fraction of sp³-hybridized carbons (Fsp3) is 0.154. The van der Waals surface area contributed by atoms with E-state index in [0.29, 0.717) is 11.6 Å². The molecule has 0 bridgehead atoms. The van der Waals surface area contributed by atoms with Gasteiger partial charge in [0.25, 0.3) is 0 Å². The Hall–Kier alpha value is -1.56. The minimum atomic E-state index is -1.63. The maximum atomic E-state index is 11.8. The second kappa shape index (κ2) is 5.61. The van der Waals surface area contributed by atoms with Crippen LogP contribution in [0.1, 0.15) is 11.1 Å². The summed E-state index contributed by atoms with van der Waals surface area (Å²) in [6, 6.07) is 8.31. The van der Waals surface area contributed by atoms with Crippen molar-refractivity contribution in [2.24, 2.45) is 0 Å². The molecule has 1 aromatic heterocycles. The zero-order valence-corrected chi connectivity index (χ0v) is 11.1. The second-order valence-electron chi connectivity index (χ2n) is 4.44. The normalized spacial score (nSPS) is 10.5. The maximum Gasteiger partial charge on any atom is 0.488 e. The molecule has 0 fully saturated rings. The van der Waals surface area contributed by atoms with Crippen molar-refractivity contribution in [1.29, 1.82) is 0 Å². The van der Waals surface area contributed by atoms with Crippen LogP contribution in [-0.2, 0) is 6.54 Å². The Morgan fingerprint density at radius 3 is 2.58 bits per heavy atom. The molecule has 19 heavy (non-hydrogen) atoms. The summed E-state index contributed by atoms with van der Waals surface area (Å²) in [6.07, 6.45) is 1.54. The van der Waals surface area contributed by atoms with Gasteiger partial charge in [-0.3, -0.25) is 4.79 Å². The van der Waals surface area contributed by atoms with Crippen LogP contribution in [0.5, 0.6) is 0 Å². The number of pyridine rings is 1. The highest BCUT2D eigenvalue weighted by Gasteiger charge is 2.11. The van der Waals surface area contributed by atoms with Gasteiger partial charge in [0.15, 0.2) is 0 Å². The van der Waals surface area contributed by atoms with Crippen LogP contribution in [0.25, 0.3) is 0 Å². The van der Waals surface area contributed by atoms with Gasteiger partial charge in [-0.2, -0.15) is 0 Å². The summed E-state index contributed by atoms with van der Waals surface area (Å²) in [5, 5.41) is 18.6. The summed E-state index contributed by atoms with van der Waals surface area (Å²) in [5.41, 5.74) is 1.84. The summed E-state index contributed by atoms with van der Waals surface area (Å²) in [5.74, 6) is 0. The molecule has 2 N–H and O–H groups in total. The first-order valence-electron chi connectivity index (χ1n) is 5.78. The first kappa shape index (κ1) is 13.9. The Morgan fingerprint density at radius 1 is 1.26 bits per heavy atom. The molecule has 1 heterocycles. The van der Waals surface area contributed by atoms with Crippen molar-refractivity contribution in [2.45, 2.75) is 13.5 Å². The predicted octanol–water partition coefficient (Wildman–Crippen LogP) is 0.538. The van der Waals surface area contributed by atoms with Crippen LogP contribution >= 0.6 is 11.6 Å². The molecule has 0 atom stereocenters. The SMILES string of the molecule is Cc1cc(Cl)cc(Cn2ccc(B(O)O)cc2=O)c1. The van der Waals surface area contributed by atoms with Crippen LogP contribution < -0.4 is 11.0 Å². The molecule has 2 aromatic rings. The monoisotopic (exact) mass is 277 g/mol. The van der Waals surface area contributed by atoms with E-state index in [4.69, 9.17) is 21.6 Å². The van der Waals surface area contributed by atoms with Gasteiger partial charge in [-0.15, -0.1) is 0 Å². The van der Waals surface area contributed by atoms with E-state index in [0.717, 1.165) is 11.1 Å². The lowest BCUT2D eigenvalue weighted by molar-refractivity contribution is 0.425. The summed E-state index contributed by atoms with van der Waals surface area (Å²) in [6.45, 7) is 2.32. The summed E-state index contributed by atoms with van der Waals surface area (Å²) >= 11 is 5.97. The van der Waals surface area contributed by atoms with Crippen molar-refractivity contribution in [3.63, 3.8) is 0 Å². The van der Waals surface area contributed by atoms with E-state index < -0.39 is 7.12 Å². The molecule has 2 rings (SSSR count). The zero-order valence-electron chi connectivity index (χ0n) is 10.4. The molecule has 0 saturated heterocycles. The zero-order chi connectivity index (χ0) is 14.0. The number of aromatic nitrogens is 1. The van der Waals surface area contributed by atoms with E-state index >= 15 is 0 Å². The van der Waals surface area contributed by atoms with Gasteiger partial charge in [-0.25, -0.2) is 0 Å². The highest BCUT2D eigenvalue weighted by Crippen LogP contribution is 2.14. The average Bonchev–Trinajstić information content (AvgIpc) is 2.30. The Morgan fingerprint density at radius 2 is 2.00 bits per heavy atom. The minimum absolute atomic E-state index is 0.184. The summed E-state index contributed by atoms with van der Waals surface area (Å²) in [4.78, 5) is 11.8. The third-order valence-corrected chi connectivity index (χ3v) is 2.99. The lowest BCUT2D eigenvalue weighted by Gasteiger charge is -2.08. The lowest BCUT2D eigenvalue weighted by atomic mass is 9.81. The molecule has 98 valence electrons. The Bertz CT molecular complexity index is 634. The van der Waals surface area contributed by atoms with E-state index in [1.165, 1.54) is 22.9 Å². The fourth-order valence-electron chi connectivity index (χ4n) is 1.91. The smallest absolute Gasteiger partial charge is 0.423 e. The fourth-order valence-corrected chi connectivity index (χ4v) is 2.23. The molecule has 0 saturated carbocycles. The lowest BCUT2D eigenvalue weighted by Crippen LogP contribution is -2.35. The number of benzene rings is 1. The molecule has 0 amide bonds. The molecule has 0 aliphatic rings. The third kappa shape index (κ3) is 3.47. The van der Waals surface area contributed by atoms with E-state index in [1.54, 1.807) is 6.07 Å². The van der Waals surface area contributed by atoms with Crippen LogP contribution in [-0.4, -0.2) is 21.7 Å². The molecular formula is C13H13BClNO3. The first-order chi connectivity index (χ1) is 8.95. The second-order valence-corrected chi connectivity index (χ2v) is 4.87. The third-order valence-electron chi connectivity index (χ3n) is 2.77. The molecule has 0 radical (unpaired) electrons. The topological polar surface area (TPSA) is 62.5 Å². The highest BCUT2D eigenvalue weighted by molar-refractivity contribution is 6.58. The van der Waals surface area contributed by atoms with Crippen molar-refractivity contribution in [1.82, 2.24) is 4.57 Å². The van der Waals surface area contributed by atoms with Crippen molar-refractivity contribution in [3.8, 4) is 0 Å². The van der Waals surface area contributed by atoms with E-state index in [9.17, 15) is 4.79 Å².